The van der Waals surface area contributed by atoms with Crippen molar-refractivity contribution < 1.29 is 23.9 Å². The number of carbonyl (C=O) groups excluding carboxylic acids is 2. The molecule has 1 aliphatic carbocycles. The van der Waals surface area contributed by atoms with Gasteiger partial charge in [-0.2, -0.15) is 0 Å². The van der Waals surface area contributed by atoms with Crippen LogP contribution in [0.5, 0.6) is 0 Å². The average Bonchev–Trinajstić information content (AvgIpc) is 3.65. The van der Waals surface area contributed by atoms with Crippen molar-refractivity contribution in [3.8, 4) is 11.1 Å². The van der Waals surface area contributed by atoms with Gasteiger partial charge in [-0.1, -0.05) is 51.9 Å². The third-order valence-electron chi connectivity index (χ3n) is 8.51. The molecule has 44 heavy (non-hydrogen) atoms. The van der Waals surface area contributed by atoms with Gasteiger partial charge < -0.3 is 20.1 Å². The lowest BCUT2D eigenvalue weighted by Gasteiger charge is -2.38. The van der Waals surface area contributed by atoms with Gasteiger partial charge in [-0.15, -0.1) is 5.12 Å². The van der Waals surface area contributed by atoms with Crippen LogP contribution in [-0.2, 0) is 35.1 Å². The van der Waals surface area contributed by atoms with Gasteiger partial charge in [-0.05, 0) is 48.1 Å². The minimum absolute atomic E-state index is 0.00384. The first-order valence-corrected chi connectivity index (χ1v) is 14.8. The molecule has 10 nitrogen and oxygen atoms in total. The molecule has 3 N–H and O–H groups in total. The van der Waals surface area contributed by atoms with Gasteiger partial charge in [0.05, 0.1) is 22.6 Å². The standard InChI is InChI=1S/C31H29Cl2FN6O4/c1-39-13-12-36-26(39)9-8-24(41)31(44-17-30(10-11-30)29(35)43)23-7-6-21(18-2-4-19(32)5-3-18)22(27(23)28(42)40(31)34)14-25-37-15-20(33)16-38-25/h2-7,12-13,15-16,24,41H,8-11,14,17H2,1H3,(H2,35,43)/t24?,31-/m1/s1. The molecule has 228 valence electrons. The number of carbonyl (C=O) groups is 2. The lowest BCUT2D eigenvalue weighted by molar-refractivity contribution is -0.259. The first-order chi connectivity index (χ1) is 21.1. The highest BCUT2D eigenvalue weighted by Gasteiger charge is 2.60. The summed E-state index contributed by atoms with van der Waals surface area (Å²) in [6.45, 7) is -0.274. The van der Waals surface area contributed by atoms with Crippen LogP contribution in [0.25, 0.3) is 11.1 Å². The van der Waals surface area contributed by atoms with Crippen molar-refractivity contribution in [3.63, 3.8) is 0 Å². The average molecular weight is 640 g/mol. The second kappa shape index (κ2) is 11.6. The zero-order valence-corrected chi connectivity index (χ0v) is 25.2. The van der Waals surface area contributed by atoms with E-state index < -0.39 is 29.1 Å². The third-order valence-corrected chi connectivity index (χ3v) is 8.95. The normalized spacial score (nSPS) is 19.2. The summed E-state index contributed by atoms with van der Waals surface area (Å²) >= 11 is 12.2. The van der Waals surface area contributed by atoms with E-state index in [-0.39, 0.29) is 42.1 Å². The topological polar surface area (TPSA) is 136 Å². The van der Waals surface area contributed by atoms with Gasteiger partial charge >= 0.3 is 0 Å². The van der Waals surface area contributed by atoms with E-state index in [9.17, 15) is 14.7 Å². The Morgan fingerprint density at radius 1 is 1.11 bits per heavy atom. The van der Waals surface area contributed by atoms with E-state index in [0.717, 1.165) is 5.56 Å². The fourth-order valence-corrected chi connectivity index (χ4v) is 5.94. The Balaban J connectivity index is 1.50. The van der Waals surface area contributed by atoms with Crippen LogP contribution >= 0.6 is 23.2 Å². The summed E-state index contributed by atoms with van der Waals surface area (Å²) in [6, 6.07) is 10.3. The molecule has 0 radical (unpaired) electrons. The van der Waals surface area contributed by atoms with Crippen LogP contribution in [0, 0.1) is 5.41 Å². The number of ether oxygens (including phenoxy) is 1. The number of rotatable bonds is 11. The number of hydrogen-bond acceptors (Lipinski definition) is 7. The highest BCUT2D eigenvalue weighted by molar-refractivity contribution is 6.30. The molecule has 4 aromatic rings. The number of nitrogens with zero attached hydrogens (tertiary/aromatic N) is 5. The molecule has 6 rings (SSSR count). The van der Waals surface area contributed by atoms with E-state index in [0.29, 0.717) is 45.7 Å². The van der Waals surface area contributed by atoms with Crippen LogP contribution in [0.2, 0.25) is 10.0 Å². The number of aliphatic hydroxyl groups excluding tert-OH is 1. The summed E-state index contributed by atoms with van der Waals surface area (Å²) in [4.78, 5) is 39.1. The van der Waals surface area contributed by atoms with E-state index in [1.807, 2.05) is 7.05 Å². The summed E-state index contributed by atoms with van der Waals surface area (Å²) in [6.07, 6.45) is 5.94. The lowest BCUT2D eigenvalue weighted by Crippen LogP contribution is -2.52. The van der Waals surface area contributed by atoms with E-state index in [1.54, 1.807) is 53.4 Å². The highest BCUT2D eigenvalue weighted by atomic mass is 35.5. The number of nitrogens with two attached hydrogens (primary N) is 1. The van der Waals surface area contributed by atoms with E-state index in [1.165, 1.54) is 12.4 Å². The van der Waals surface area contributed by atoms with Crippen LogP contribution in [0.15, 0.2) is 61.2 Å². The Labute approximate surface area is 262 Å². The molecular weight excluding hydrogens is 610 g/mol. The van der Waals surface area contributed by atoms with Crippen molar-refractivity contribution in [2.75, 3.05) is 6.61 Å². The molecule has 0 bridgehead atoms. The first-order valence-electron chi connectivity index (χ1n) is 14.0. The summed E-state index contributed by atoms with van der Waals surface area (Å²) in [5.41, 5.74) is 4.30. The Morgan fingerprint density at radius 2 is 1.82 bits per heavy atom. The summed E-state index contributed by atoms with van der Waals surface area (Å²) in [5.74, 6) is -0.581. The van der Waals surface area contributed by atoms with Crippen molar-refractivity contribution in [1.29, 1.82) is 0 Å². The Kier molecular flexibility index (Phi) is 7.91. The molecule has 0 saturated heterocycles. The predicted octanol–water partition coefficient (Wildman–Crippen LogP) is 4.54. The first kappa shape index (κ1) is 30.1. The molecule has 0 spiro atoms. The number of halogens is 3. The minimum atomic E-state index is -2.25. The van der Waals surface area contributed by atoms with Crippen LogP contribution < -0.4 is 5.73 Å². The third kappa shape index (κ3) is 5.23. The summed E-state index contributed by atoms with van der Waals surface area (Å²) in [7, 11) is 1.81. The number of fused-ring (bicyclic) bond motifs is 1. The molecule has 2 amide bonds. The van der Waals surface area contributed by atoms with Crippen molar-refractivity contribution in [1.82, 2.24) is 24.6 Å². The largest absolute Gasteiger partial charge is 0.388 e. The molecule has 1 aliphatic heterocycles. The number of aromatic nitrogens is 4. The smallest absolute Gasteiger partial charge is 0.285 e. The van der Waals surface area contributed by atoms with Crippen molar-refractivity contribution in [2.24, 2.45) is 18.2 Å². The second-order valence-corrected chi connectivity index (χ2v) is 12.1. The van der Waals surface area contributed by atoms with Crippen molar-refractivity contribution in [3.05, 3.63) is 99.6 Å². The maximum absolute atomic E-state index is 16.6. The zero-order chi connectivity index (χ0) is 31.2. The van der Waals surface area contributed by atoms with Crippen molar-refractivity contribution >= 4 is 35.0 Å². The minimum Gasteiger partial charge on any atom is -0.388 e. The number of aliphatic hydroxyl groups is 1. The van der Waals surface area contributed by atoms with Gasteiger partial charge in [-0.25, -0.2) is 15.0 Å². The number of aryl methyl sites for hydroxylation is 2. The fraction of sp³-hybridized carbons (Fsp3) is 0.323. The number of primary amides is 1. The molecule has 2 aromatic heterocycles. The van der Waals surface area contributed by atoms with E-state index >= 15 is 4.48 Å². The molecule has 2 atom stereocenters. The van der Waals surface area contributed by atoms with E-state index in [4.69, 9.17) is 33.7 Å². The zero-order valence-electron chi connectivity index (χ0n) is 23.7. The van der Waals surface area contributed by atoms with Crippen LogP contribution in [-0.4, -0.2) is 54.3 Å². The number of amides is 2. The molecule has 2 aliphatic rings. The Bertz CT molecular complexity index is 1730. The molecule has 3 heterocycles. The summed E-state index contributed by atoms with van der Waals surface area (Å²) in [5, 5.41) is 12.5. The highest BCUT2D eigenvalue weighted by Crippen LogP contribution is 2.52. The van der Waals surface area contributed by atoms with Gasteiger partial charge in [0, 0.05) is 55.3 Å². The van der Waals surface area contributed by atoms with Gasteiger partial charge in [-0.3, -0.25) is 9.59 Å². The molecule has 1 saturated carbocycles. The predicted molar refractivity (Wildman–Crippen MR) is 160 cm³/mol. The van der Waals surface area contributed by atoms with Gasteiger partial charge in [0.2, 0.25) is 11.6 Å². The molecular formula is C31H29Cl2FN6O4. The van der Waals surface area contributed by atoms with Gasteiger partial charge in [0.15, 0.2) is 0 Å². The Morgan fingerprint density at radius 3 is 2.43 bits per heavy atom. The summed E-state index contributed by atoms with van der Waals surface area (Å²) < 4.78 is 24.6. The quantitative estimate of drug-likeness (QED) is 0.230. The maximum Gasteiger partial charge on any atom is 0.285 e. The van der Waals surface area contributed by atoms with E-state index in [2.05, 4.69) is 15.0 Å². The molecule has 1 unspecified atom stereocenters. The van der Waals surface area contributed by atoms with Crippen LogP contribution in [0.3, 0.4) is 0 Å². The van der Waals surface area contributed by atoms with Gasteiger partial charge in [0.25, 0.3) is 5.91 Å². The lowest BCUT2D eigenvalue weighted by atomic mass is 9.86. The van der Waals surface area contributed by atoms with Crippen LogP contribution in [0.4, 0.5) is 4.48 Å². The second-order valence-electron chi connectivity index (χ2n) is 11.2. The number of benzene rings is 2. The van der Waals surface area contributed by atoms with Crippen LogP contribution in [0.1, 0.15) is 52.4 Å². The molecule has 13 heteroatoms. The van der Waals surface area contributed by atoms with Crippen molar-refractivity contribution in [2.45, 2.75) is 43.9 Å². The Hall–Kier alpha value is -3.90. The number of imidazole rings is 1. The van der Waals surface area contributed by atoms with Gasteiger partial charge in [0.1, 0.15) is 17.8 Å². The number of hydrogen-bond donors (Lipinski definition) is 2. The monoisotopic (exact) mass is 638 g/mol. The fourth-order valence-electron chi connectivity index (χ4n) is 5.72. The SMILES string of the molecule is Cn1ccnc1CCC(O)[C@]1(OCC2(C(N)=O)CC2)c2ccc(-c3ccc(Cl)cc3)c(Cc3ncc(Cl)cn3)c2C(=O)N1F. The molecule has 2 aromatic carbocycles. The maximum atomic E-state index is 16.6. The molecule has 1 fully saturated rings.